The summed E-state index contributed by atoms with van der Waals surface area (Å²) in [6.45, 7) is 3.39. The fourth-order valence-electron chi connectivity index (χ4n) is 3.35. The van der Waals surface area contributed by atoms with Crippen molar-refractivity contribution in [2.45, 2.75) is 38.5 Å². The number of piperidine rings is 2. The van der Waals surface area contributed by atoms with Crippen LogP contribution in [0.5, 0.6) is 0 Å². The largest absolute Gasteiger partial charge is 0.478 e. The van der Waals surface area contributed by atoms with Crippen molar-refractivity contribution in [3.8, 4) is 0 Å². The first-order valence-electron chi connectivity index (χ1n) is 8.70. The van der Waals surface area contributed by atoms with Crippen LogP contribution in [0.25, 0.3) is 0 Å². The van der Waals surface area contributed by atoms with E-state index in [9.17, 15) is 9.59 Å². The van der Waals surface area contributed by atoms with Gasteiger partial charge in [-0.15, -0.1) is 0 Å². The molecule has 7 heteroatoms. The summed E-state index contributed by atoms with van der Waals surface area (Å²) >= 11 is 0. The summed E-state index contributed by atoms with van der Waals surface area (Å²) in [5.74, 6) is -1.28. The SMILES string of the molecule is O=C(O)c1ccnc(C(=O)N(N2CCCCC2)N2CCCCC2)c1. The molecule has 2 aliphatic rings. The smallest absolute Gasteiger partial charge is 0.335 e. The maximum Gasteiger partial charge on any atom is 0.335 e. The van der Waals surface area contributed by atoms with Gasteiger partial charge in [0, 0.05) is 32.4 Å². The lowest BCUT2D eigenvalue weighted by atomic mass is 10.1. The Bertz CT molecular complexity index is 577. The molecule has 0 spiro atoms. The lowest BCUT2D eigenvalue weighted by Gasteiger charge is -2.44. The topological polar surface area (TPSA) is 77.0 Å². The third kappa shape index (κ3) is 3.73. The summed E-state index contributed by atoms with van der Waals surface area (Å²) in [5, 5.41) is 15.1. The molecular formula is C17H24N4O3. The van der Waals surface area contributed by atoms with Crippen LogP contribution in [-0.4, -0.2) is 63.3 Å². The van der Waals surface area contributed by atoms with Gasteiger partial charge in [-0.1, -0.05) is 12.8 Å². The van der Waals surface area contributed by atoms with Gasteiger partial charge in [-0.05, 0) is 37.8 Å². The number of aromatic carboxylic acids is 1. The van der Waals surface area contributed by atoms with Gasteiger partial charge in [-0.2, -0.15) is 5.12 Å². The summed E-state index contributed by atoms with van der Waals surface area (Å²) in [4.78, 5) is 28.4. The predicted molar refractivity (Wildman–Crippen MR) is 88.2 cm³/mol. The molecule has 1 N–H and O–H groups in total. The number of amides is 1. The fraction of sp³-hybridized carbons (Fsp3) is 0.588. The Balaban J connectivity index is 1.87. The summed E-state index contributed by atoms with van der Waals surface area (Å²) in [7, 11) is 0. The number of carbonyl (C=O) groups excluding carboxylic acids is 1. The second kappa shape index (κ2) is 7.72. The van der Waals surface area contributed by atoms with Gasteiger partial charge in [0.05, 0.1) is 5.56 Å². The van der Waals surface area contributed by atoms with E-state index in [1.165, 1.54) is 31.2 Å². The van der Waals surface area contributed by atoms with E-state index < -0.39 is 5.97 Å². The molecule has 0 aromatic carbocycles. The number of aromatic nitrogens is 1. The van der Waals surface area contributed by atoms with Gasteiger partial charge in [0.25, 0.3) is 0 Å². The maximum atomic E-state index is 13.1. The normalized spacial score (nSPS) is 19.8. The van der Waals surface area contributed by atoms with Crippen LogP contribution in [0.1, 0.15) is 59.4 Å². The van der Waals surface area contributed by atoms with Crippen LogP contribution in [0.2, 0.25) is 0 Å². The molecule has 0 bridgehead atoms. The molecule has 2 saturated heterocycles. The van der Waals surface area contributed by atoms with Crippen molar-refractivity contribution in [3.63, 3.8) is 0 Å². The number of carboxylic acid groups (broad SMARTS) is 1. The van der Waals surface area contributed by atoms with Gasteiger partial charge in [0.1, 0.15) is 5.69 Å². The number of nitrogens with zero attached hydrogens (tertiary/aromatic N) is 4. The molecule has 2 aliphatic heterocycles. The predicted octanol–water partition coefficient (Wildman–Crippen LogP) is 2.02. The first kappa shape index (κ1) is 16.9. The highest BCUT2D eigenvalue weighted by Gasteiger charge is 2.31. The molecule has 1 amide bonds. The van der Waals surface area contributed by atoms with E-state index in [4.69, 9.17) is 5.11 Å². The number of hydrazine groups is 2. The van der Waals surface area contributed by atoms with E-state index in [-0.39, 0.29) is 17.2 Å². The molecule has 1 aromatic rings. The minimum Gasteiger partial charge on any atom is -0.478 e. The van der Waals surface area contributed by atoms with E-state index >= 15 is 0 Å². The zero-order valence-electron chi connectivity index (χ0n) is 13.9. The van der Waals surface area contributed by atoms with Crippen LogP contribution in [0.15, 0.2) is 18.3 Å². The Kier molecular flexibility index (Phi) is 5.42. The van der Waals surface area contributed by atoms with Gasteiger partial charge < -0.3 is 5.11 Å². The number of carboxylic acids is 1. The van der Waals surface area contributed by atoms with E-state index in [0.717, 1.165) is 51.9 Å². The molecule has 0 aliphatic carbocycles. The number of hydrogen-bond donors (Lipinski definition) is 1. The monoisotopic (exact) mass is 332 g/mol. The number of pyridine rings is 1. The maximum absolute atomic E-state index is 13.1. The average molecular weight is 332 g/mol. The third-order valence-corrected chi connectivity index (χ3v) is 4.61. The lowest BCUT2D eigenvalue weighted by molar-refractivity contribution is -0.160. The van der Waals surface area contributed by atoms with Crippen LogP contribution >= 0.6 is 0 Å². The molecule has 2 fully saturated rings. The number of hydrogen-bond acceptors (Lipinski definition) is 5. The van der Waals surface area contributed by atoms with Gasteiger partial charge in [0.15, 0.2) is 0 Å². The molecule has 3 rings (SSSR count). The molecule has 1 aromatic heterocycles. The molecule has 7 nitrogen and oxygen atoms in total. The second-order valence-electron chi connectivity index (χ2n) is 6.36. The van der Waals surface area contributed by atoms with Crippen molar-refractivity contribution < 1.29 is 14.7 Å². The Morgan fingerprint density at radius 1 is 0.958 bits per heavy atom. The van der Waals surface area contributed by atoms with Crippen molar-refractivity contribution in [2.24, 2.45) is 0 Å². The zero-order chi connectivity index (χ0) is 16.9. The fourth-order valence-corrected chi connectivity index (χ4v) is 3.35. The minimum absolute atomic E-state index is 0.0885. The molecule has 24 heavy (non-hydrogen) atoms. The zero-order valence-corrected chi connectivity index (χ0v) is 13.9. The average Bonchev–Trinajstić information content (AvgIpc) is 2.64. The third-order valence-electron chi connectivity index (χ3n) is 4.61. The van der Waals surface area contributed by atoms with Crippen LogP contribution in [0, 0.1) is 0 Å². The highest BCUT2D eigenvalue weighted by atomic mass is 16.4. The van der Waals surface area contributed by atoms with Gasteiger partial charge in [-0.25, -0.2) is 14.8 Å². The Morgan fingerprint density at radius 3 is 2.00 bits per heavy atom. The van der Waals surface area contributed by atoms with Gasteiger partial charge >= 0.3 is 11.9 Å². The molecule has 0 radical (unpaired) electrons. The van der Waals surface area contributed by atoms with Crippen molar-refractivity contribution in [3.05, 3.63) is 29.6 Å². The van der Waals surface area contributed by atoms with Crippen molar-refractivity contribution in [1.82, 2.24) is 20.1 Å². The van der Waals surface area contributed by atoms with Gasteiger partial charge in [0.2, 0.25) is 0 Å². The highest BCUT2D eigenvalue weighted by molar-refractivity contribution is 5.95. The Labute approximate surface area is 141 Å². The van der Waals surface area contributed by atoms with Crippen LogP contribution in [0.3, 0.4) is 0 Å². The van der Waals surface area contributed by atoms with E-state index in [1.807, 2.05) is 0 Å². The van der Waals surface area contributed by atoms with E-state index in [0.29, 0.717) is 0 Å². The van der Waals surface area contributed by atoms with Crippen molar-refractivity contribution in [1.29, 1.82) is 0 Å². The standard InChI is InChI=1S/C17H24N4O3/c22-16(15-13-14(17(23)24)7-8-18-15)21(19-9-3-1-4-10-19)20-11-5-2-6-12-20/h7-8,13H,1-6,9-12H2,(H,23,24). The minimum atomic E-state index is -1.05. The molecule has 0 unspecified atom stereocenters. The Hall–Kier alpha value is -1.99. The number of carbonyl (C=O) groups is 2. The summed E-state index contributed by atoms with van der Waals surface area (Å²) in [6.07, 6.45) is 8.04. The van der Waals surface area contributed by atoms with E-state index in [2.05, 4.69) is 15.0 Å². The molecule has 0 saturated carbocycles. The molecule has 130 valence electrons. The number of rotatable bonds is 4. The molecule has 3 heterocycles. The first-order chi connectivity index (χ1) is 11.7. The molecule has 0 atom stereocenters. The van der Waals surface area contributed by atoms with Crippen LogP contribution in [0.4, 0.5) is 0 Å². The van der Waals surface area contributed by atoms with E-state index in [1.54, 1.807) is 5.12 Å². The lowest BCUT2D eigenvalue weighted by Crippen LogP contribution is -2.58. The Morgan fingerprint density at radius 2 is 1.50 bits per heavy atom. The summed E-state index contributed by atoms with van der Waals surface area (Å²) in [5.41, 5.74) is 0.275. The van der Waals surface area contributed by atoms with Crippen LogP contribution < -0.4 is 0 Å². The second-order valence-corrected chi connectivity index (χ2v) is 6.36. The quantitative estimate of drug-likeness (QED) is 0.909. The van der Waals surface area contributed by atoms with Crippen LogP contribution in [-0.2, 0) is 0 Å². The van der Waals surface area contributed by atoms with Crippen molar-refractivity contribution >= 4 is 11.9 Å². The first-order valence-corrected chi connectivity index (χ1v) is 8.70. The van der Waals surface area contributed by atoms with Gasteiger partial charge in [-0.3, -0.25) is 9.78 Å². The summed E-state index contributed by atoms with van der Waals surface area (Å²) in [6, 6.07) is 2.77. The summed E-state index contributed by atoms with van der Waals surface area (Å²) < 4.78 is 0. The highest BCUT2D eigenvalue weighted by Crippen LogP contribution is 2.20. The molecular weight excluding hydrogens is 308 g/mol. The van der Waals surface area contributed by atoms with Crippen molar-refractivity contribution in [2.75, 3.05) is 26.2 Å².